The van der Waals surface area contributed by atoms with E-state index in [9.17, 15) is 0 Å². The highest BCUT2D eigenvalue weighted by atomic mass is 127. The van der Waals surface area contributed by atoms with Gasteiger partial charge in [0.1, 0.15) is 0 Å². The van der Waals surface area contributed by atoms with E-state index in [0.29, 0.717) is 0 Å². The van der Waals surface area contributed by atoms with Gasteiger partial charge >= 0.3 is 0 Å². The first-order valence-electron chi connectivity index (χ1n) is 5.09. The zero-order chi connectivity index (χ0) is 9.07. The second-order valence-electron chi connectivity index (χ2n) is 3.17. The van der Waals surface area contributed by atoms with Crippen molar-refractivity contribution in [3.05, 3.63) is 12.2 Å². The molecule has 0 fully saturated rings. The van der Waals surface area contributed by atoms with Gasteiger partial charge < -0.3 is 0 Å². The van der Waals surface area contributed by atoms with Gasteiger partial charge in [0.15, 0.2) is 0 Å². The van der Waals surface area contributed by atoms with Crippen LogP contribution < -0.4 is 0 Å². The zero-order valence-electron chi connectivity index (χ0n) is 8.19. The molecule has 0 unspecified atom stereocenters. The maximum Gasteiger partial charge on any atom is -0.000473 e. The molecule has 0 spiro atoms. The SMILES string of the molecule is CC=CCCCCCCCCI. The summed E-state index contributed by atoms with van der Waals surface area (Å²) in [7, 11) is 0. The van der Waals surface area contributed by atoms with E-state index in [1.54, 1.807) is 0 Å². The van der Waals surface area contributed by atoms with Crippen molar-refractivity contribution >= 4 is 22.6 Å². The van der Waals surface area contributed by atoms with E-state index < -0.39 is 0 Å². The van der Waals surface area contributed by atoms with Crippen LogP contribution in [0.5, 0.6) is 0 Å². The summed E-state index contributed by atoms with van der Waals surface area (Å²) in [5.41, 5.74) is 0. The Morgan fingerprint density at radius 3 is 2.08 bits per heavy atom. The minimum Gasteiger partial charge on any atom is -0.0917 e. The number of allylic oxidation sites excluding steroid dienone is 2. The molecule has 0 amide bonds. The zero-order valence-corrected chi connectivity index (χ0v) is 10.3. The summed E-state index contributed by atoms with van der Waals surface area (Å²) in [5, 5.41) is 0. The Balaban J connectivity index is 2.81. The Morgan fingerprint density at radius 2 is 1.50 bits per heavy atom. The average molecular weight is 280 g/mol. The molecule has 0 aliphatic heterocycles. The first-order valence-corrected chi connectivity index (χ1v) is 6.61. The third-order valence-electron chi connectivity index (χ3n) is 1.99. The summed E-state index contributed by atoms with van der Waals surface area (Å²) >= 11 is 2.46. The maximum atomic E-state index is 2.46. The number of hydrogen-bond donors (Lipinski definition) is 0. The molecule has 0 N–H and O–H groups in total. The Labute approximate surface area is 91.0 Å². The molecule has 0 aromatic carbocycles. The predicted octanol–water partition coefficient (Wildman–Crippen LogP) is 4.73. The summed E-state index contributed by atoms with van der Waals surface area (Å²) in [6.07, 6.45) is 14.2. The third kappa shape index (κ3) is 10.5. The molecule has 0 rings (SSSR count). The first-order chi connectivity index (χ1) is 5.91. The summed E-state index contributed by atoms with van der Waals surface area (Å²) in [4.78, 5) is 0. The molecule has 0 nitrogen and oxygen atoms in total. The van der Waals surface area contributed by atoms with Crippen LogP contribution >= 0.6 is 22.6 Å². The molecule has 0 aliphatic rings. The van der Waals surface area contributed by atoms with Gasteiger partial charge in [-0.2, -0.15) is 0 Å². The minimum absolute atomic E-state index is 1.28. The summed E-state index contributed by atoms with van der Waals surface area (Å²) in [5.74, 6) is 0. The van der Waals surface area contributed by atoms with Crippen molar-refractivity contribution in [2.45, 2.75) is 51.9 Å². The Hall–Kier alpha value is 0.470. The van der Waals surface area contributed by atoms with Gasteiger partial charge in [0.25, 0.3) is 0 Å². The van der Waals surface area contributed by atoms with Crippen molar-refractivity contribution in [3.8, 4) is 0 Å². The fourth-order valence-electron chi connectivity index (χ4n) is 1.23. The molecular weight excluding hydrogens is 259 g/mol. The van der Waals surface area contributed by atoms with Crippen LogP contribution in [-0.2, 0) is 0 Å². The van der Waals surface area contributed by atoms with Gasteiger partial charge in [0.05, 0.1) is 0 Å². The molecule has 0 heterocycles. The van der Waals surface area contributed by atoms with Crippen molar-refractivity contribution in [2.24, 2.45) is 0 Å². The van der Waals surface area contributed by atoms with Gasteiger partial charge in [-0.1, -0.05) is 60.4 Å². The van der Waals surface area contributed by atoms with Gasteiger partial charge in [-0.25, -0.2) is 0 Å². The van der Waals surface area contributed by atoms with E-state index in [1.165, 1.54) is 49.4 Å². The predicted molar refractivity (Wildman–Crippen MR) is 66.0 cm³/mol. The highest BCUT2D eigenvalue weighted by molar-refractivity contribution is 14.1. The summed E-state index contributed by atoms with van der Waals surface area (Å²) in [6, 6.07) is 0. The van der Waals surface area contributed by atoms with Crippen molar-refractivity contribution < 1.29 is 0 Å². The minimum atomic E-state index is 1.28. The van der Waals surface area contributed by atoms with E-state index in [2.05, 4.69) is 41.7 Å². The van der Waals surface area contributed by atoms with Crippen LogP contribution in [0.1, 0.15) is 51.9 Å². The molecule has 0 aliphatic carbocycles. The summed E-state index contributed by atoms with van der Waals surface area (Å²) < 4.78 is 1.33. The van der Waals surface area contributed by atoms with Crippen LogP contribution in [0.2, 0.25) is 0 Å². The molecule has 0 radical (unpaired) electrons. The largest absolute Gasteiger partial charge is 0.0917 e. The summed E-state index contributed by atoms with van der Waals surface area (Å²) in [6.45, 7) is 2.10. The number of alkyl halides is 1. The smallest absolute Gasteiger partial charge is 0.000473 e. The van der Waals surface area contributed by atoms with Gasteiger partial charge in [-0.3, -0.25) is 0 Å². The molecule has 72 valence electrons. The molecule has 0 aromatic heterocycles. The fourth-order valence-corrected chi connectivity index (χ4v) is 1.77. The molecule has 1 heteroatoms. The van der Waals surface area contributed by atoms with E-state index in [-0.39, 0.29) is 0 Å². The average Bonchev–Trinajstić information content (AvgIpc) is 2.10. The number of unbranched alkanes of at least 4 members (excludes halogenated alkanes) is 6. The molecule has 0 aromatic rings. The quantitative estimate of drug-likeness (QED) is 0.261. The highest BCUT2D eigenvalue weighted by Crippen LogP contribution is 2.08. The second kappa shape index (κ2) is 11.5. The van der Waals surface area contributed by atoms with Crippen molar-refractivity contribution in [2.75, 3.05) is 4.43 Å². The molecule has 0 saturated heterocycles. The van der Waals surface area contributed by atoms with Gasteiger partial charge in [0.2, 0.25) is 0 Å². The van der Waals surface area contributed by atoms with Gasteiger partial charge in [-0.15, -0.1) is 0 Å². The lowest BCUT2D eigenvalue weighted by atomic mass is 10.1. The molecular formula is C11H21I. The van der Waals surface area contributed by atoms with Crippen LogP contribution in [0.3, 0.4) is 0 Å². The van der Waals surface area contributed by atoms with Crippen LogP contribution in [0, 0.1) is 0 Å². The maximum absolute atomic E-state index is 2.46. The van der Waals surface area contributed by atoms with E-state index in [1.807, 2.05) is 0 Å². The fraction of sp³-hybridized carbons (Fsp3) is 0.818. The third-order valence-corrected chi connectivity index (χ3v) is 2.75. The molecule has 0 bridgehead atoms. The number of rotatable bonds is 8. The topological polar surface area (TPSA) is 0 Å². The second-order valence-corrected chi connectivity index (χ2v) is 4.25. The molecule has 0 saturated carbocycles. The molecule has 0 atom stereocenters. The lowest BCUT2D eigenvalue weighted by Gasteiger charge is -1.98. The van der Waals surface area contributed by atoms with Crippen molar-refractivity contribution in [1.29, 1.82) is 0 Å². The first kappa shape index (κ1) is 12.5. The normalized spacial score (nSPS) is 11.2. The monoisotopic (exact) mass is 280 g/mol. The number of hydrogen-bond acceptors (Lipinski definition) is 0. The van der Waals surface area contributed by atoms with E-state index in [4.69, 9.17) is 0 Å². The lowest BCUT2D eigenvalue weighted by Crippen LogP contribution is -1.79. The standard InChI is InChI=1S/C11H21I/c1-2-3-4-5-6-7-8-9-10-11-12/h2-3H,4-11H2,1H3. The Morgan fingerprint density at radius 1 is 0.917 bits per heavy atom. The van der Waals surface area contributed by atoms with Crippen molar-refractivity contribution in [1.82, 2.24) is 0 Å². The van der Waals surface area contributed by atoms with Crippen LogP contribution in [0.4, 0.5) is 0 Å². The molecule has 12 heavy (non-hydrogen) atoms. The van der Waals surface area contributed by atoms with E-state index >= 15 is 0 Å². The van der Waals surface area contributed by atoms with E-state index in [0.717, 1.165) is 0 Å². The van der Waals surface area contributed by atoms with Crippen LogP contribution in [0.25, 0.3) is 0 Å². The lowest BCUT2D eigenvalue weighted by molar-refractivity contribution is 0.614. The highest BCUT2D eigenvalue weighted by Gasteiger charge is 1.88. The Bertz CT molecular complexity index is 97.2. The van der Waals surface area contributed by atoms with Gasteiger partial charge in [0, 0.05) is 0 Å². The Kier molecular flexibility index (Phi) is 11.9. The number of halogens is 1. The van der Waals surface area contributed by atoms with Crippen molar-refractivity contribution in [3.63, 3.8) is 0 Å². The van der Waals surface area contributed by atoms with Gasteiger partial charge in [-0.05, 0) is 30.6 Å². The van der Waals surface area contributed by atoms with Crippen LogP contribution in [0.15, 0.2) is 12.2 Å². The van der Waals surface area contributed by atoms with Crippen LogP contribution in [-0.4, -0.2) is 4.43 Å².